The highest BCUT2D eigenvalue weighted by molar-refractivity contribution is 5.90. The summed E-state index contributed by atoms with van der Waals surface area (Å²) in [5, 5.41) is 19.9. The zero-order chi connectivity index (χ0) is 22.3. The van der Waals surface area contributed by atoms with E-state index in [2.05, 4.69) is 0 Å². The van der Waals surface area contributed by atoms with Gasteiger partial charge in [0, 0.05) is 11.1 Å². The Morgan fingerprint density at radius 1 is 0.633 bits per heavy atom. The van der Waals surface area contributed by atoms with Crippen molar-refractivity contribution < 1.29 is 38.9 Å². The number of carbonyl (C=O) groups excluding carboxylic acids is 4. The Morgan fingerprint density at radius 3 is 1.20 bits per heavy atom. The third kappa shape index (κ3) is 5.63. The van der Waals surface area contributed by atoms with Gasteiger partial charge in [-0.3, -0.25) is 9.59 Å². The lowest BCUT2D eigenvalue weighted by atomic mass is 10.1. The lowest BCUT2D eigenvalue weighted by Crippen LogP contribution is -2.44. The molecule has 4 unspecified atom stereocenters. The zero-order valence-electron chi connectivity index (χ0n) is 15.6. The Kier molecular flexibility index (Phi) is 7.62. The van der Waals surface area contributed by atoms with E-state index in [1.807, 2.05) is 0 Å². The van der Waals surface area contributed by atoms with Crippen molar-refractivity contribution in [1.29, 1.82) is 0 Å². The number of rotatable bonds is 9. The molecule has 6 N–H and O–H groups in total. The molecule has 0 saturated heterocycles. The molecule has 30 heavy (non-hydrogen) atoms. The van der Waals surface area contributed by atoms with Gasteiger partial charge in [0.2, 0.25) is 12.2 Å². The number of benzene rings is 2. The fourth-order valence-corrected chi connectivity index (χ4v) is 2.47. The fourth-order valence-electron chi connectivity index (χ4n) is 2.47. The summed E-state index contributed by atoms with van der Waals surface area (Å²) in [6.07, 6.45) is -7.93. The van der Waals surface area contributed by atoms with Crippen LogP contribution in [0.4, 0.5) is 0 Å². The van der Waals surface area contributed by atoms with E-state index in [-0.39, 0.29) is 11.1 Å². The van der Waals surface area contributed by atoms with Crippen LogP contribution in [-0.4, -0.2) is 46.2 Å². The van der Waals surface area contributed by atoms with Crippen molar-refractivity contribution in [2.45, 2.75) is 24.4 Å². The van der Waals surface area contributed by atoms with Crippen LogP contribution in [0.15, 0.2) is 60.7 Å². The van der Waals surface area contributed by atoms with Gasteiger partial charge in [-0.15, -0.1) is 0 Å². The summed E-state index contributed by atoms with van der Waals surface area (Å²) >= 11 is 0. The van der Waals surface area contributed by atoms with Gasteiger partial charge in [-0.05, 0) is 0 Å². The van der Waals surface area contributed by atoms with Gasteiger partial charge in [-0.25, -0.2) is 9.59 Å². The quantitative estimate of drug-likeness (QED) is 0.385. The smallest absolute Gasteiger partial charge is 0.339 e. The highest BCUT2D eigenvalue weighted by Crippen LogP contribution is 2.20. The van der Waals surface area contributed by atoms with Crippen LogP contribution in [0.3, 0.4) is 0 Å². The fraction of sp³-hybridized carbons (Fsp3) is 0.200. The highest BCUT2D eigenvalue weighted by atomic mass is 16.6. The van der Waals surface area contributed by atoms with Gasteiger partial charge >= 0.3 is 11.9 Å². The highest BCUT2D eigenvalue weighted by Gasteiger charge is 2.37. The summed E-state index contributed by atoms with van der Waals surface area (Å²) in [6.45, 7) is 0. The summed E-state index contributed by atoms with van der Waals surface area (Å²) < 4.78 is 9.69. The SMILES string of the molecule is NC(=O)C(OC(=O)C(O)C(O)C(=O)OC(C(N)=O)c1ccccc1)c1ccccc1. The van der Waals surface area contributed by atoms with E-state index in [1.165, 1.54) is 24.3 Å². The third-order valence-electron chi connectivity index (χ3n) is 3.97. The molecule has 0 saturated carbocycles. The van der Waals surface area contributed by atoms with Gasteiger partial charge in [0.15, 0.2) is 12.2 Å². The average molecular weight is 416 g/mol. The minimum atomic E-state index is -2.41. The molecule has 0 bridgehead atoms. The largest absolute Gasteiger partial charge is 0.445 e. The van der Waals surface area contributed by atoms with Gasteiger partial charge in [-0.1, -0.05) is 60.7 Å². The number of hydrogen-bond acceptors (Lipinski definition) is 8. The van der Waals surface area contributed by atoms with Crippen LogP contribution in [0, 0.1) is 0 Å². The van der Waals surface area contributed by atoms with Crippen LogP contribution in [0.1, 0.15) is 23.3 Å². The number of aliphatic hydroxyl groups excluding tert-OH is 2. The Bertz CT molecular complexity index is 828. The Morgan fingerprint density at radius 2 is 0.933 bits per heavy atom. The van der Waals surface area contributed by atoms with E-state index < -0.39 is 48.2 Å². The second-order valence-corrected chi connectivity index (χ2v) is 6.15. The number of primary amides is 2. The van der Waals surface area contributed by atoms with Gasteiger partial charge < -0.3 is 31.2 Å². The van der Waals surface area contributed by atoms with Gasteiger partial charge in [-0.2, -0.15) is 0 Å². The van der Waals surface area contributed by atoms with Crippen LogP contribution in [0.25, 0.3) is 0 Å². The molecule has 0 aromatic heterocycles. The first kappa shape index (κ1) is 22.5. The molecule has 10 heteroatoms. The first-order valence-electron chi connectivity index (χ1n) is 8.68. The number of esters is 2. The molecule has 2 aromatic carbocycles. The Balaban J connectivity index is 2.08. The summed E-state index contributed by atoms with van der Waals surface area (Å²) in [5.41, 5.74) is 10.9. The van der Waals surface area contributed by atoms with Crippen LogP contribution in [0.5, 0.6) is 0 Å². The van der Waals surface area contributed by atoms with Crippen LogP contribution in [-0.2, 0) is 28.7 Å². The van der Waals surface area contributed by atoms with Crippen molar-refractivity contribution in [3.63, 3.8) is 0 Å². The number of nitrogens with two attached hydrogens (primary N) is 2. The predicted molar refractivity (Wildman–Crippen MR) is 101 cm³/mol. The van der Waals surface area contributed by atoms with Crippen molar-refractivity contribution in [3.8, 4) is 0 Å². The van der Waals surface area contributed by atoms with Crippen LogP contribution >= 0.6 is 0 Å². The molecule has 4 atom stereocenters. The van der Waals surface area contributed by atoms with Crippen molar-refractivity contribution >= 4 is 23.8 Å². The standard InChI is InChI=1S/C20H20N2O8/c21-17(25)15(11-7-3-1-4-8-11)29-19(27)13(23)14(24)20(28)30-16(18(22)26)12-9-5-2-6-10-12/h1-10,13-16,23-24H,(H2,21,25)(H2,22,26). The molecule has 10 nitrogen and oxygen atoms in total. The number of ether oxygens (including phenoxy) is 2. The number of hydrogen-bond donors (Lipinski definition) is 4. The molecule has 2 amide bonds. The monoisotopic (exact) mass is 416 g/mol. The molecular formula is C20H20N2O8. The summed E-state index contributed by atoms with van der Waals surface area (Å²) in [7, 11) is 0. The molecular weight excluding hydrogens is 396 g/mol. The second-order valence-electron chi connectivity index (χ2n) is 6.15. The van der Waals surface area contributed by atoms with E-state index >= 15 is 0 Å². The van der Waals surface area contributed by atoms with Crippen molar-refractivity contribution in [2.24, 2.45) is 11.5 Å². The molecule has 158 valence electrons. The number of amides is 2. The van der Waals surface area contributed by atoms with Crippen LogP contribution in [0.2, 0.25) is 0 Å². The van der Waals surface area contributed by atoms with Gasteiger partial charge in [0.05, 0.1) is 0 Å². The predicted octanol–water partition coefficient (Wildman–Crippen LogP) is -0.752. The average Bonchev–Trinajstić information content (AvgIpc) is 2.75. The summed E-state index contributed by atoms with van der Waals surface area (Å²) in [6, 6.07) is 15.4. The normalized spacial score (nSPS) is 14.6. The molecule has 0 radical (unpaired) electrons. The maximum absolute atomic E-state index is 12.1. The lowest BCUT2D eigenvalue weighted by molar-refractivity contribution is -0.181. The molecule has 2 rings (SSSR count). The Labute approximate surface area is 171 Å². The first-order valence-corrected chi connectivity index (χ1v) is 8.68. The third-order valence-corrected chi connectivity index (χ3v) is 3.97. The van der Waals surface area contributed by atoms with E-state index in [0.717, 1.165) is 0 Å². The number of aliphatic hydroxyl groups is 2. The van der Waals surface area contributed by atoms with Gasteiger partial charge in [0.25, 0.3) is 11.8 Å². The van der Waals surface area contributed by atoms with E-state index in [0.29, 0.717) is 0 Å². The van der Waals surface area contributed by atoms with Crippen molar-refractivity contribution in [3.05, 3.63) is 71.8 Å². The minimum absolute atomic E-state index is 0.223. The van der Waals surface area contributed by atoms with Crippen molar-refractivity contribution in [2.75, 3.05) is 0 Å². The topological polar surface area (TPSA) is 179 Å². The van der Waals surface area contributed by atoms with Gasteiger partial charge in [0.1, 0.15) is 0 Å². The molecule has 0 fully saturated rings. The maximum atomic E-state index is 12.1. The van der Waals surface area contributed by atoms with Crippen molar-refractivity contribution in [1.82, 2.24) is 0 Å². The molecule has 0 aliphatic carbocycles. The summed E-state index contributed by atoms with van der Waals surface area (Å²) in [5.74, 6) is -5.06. The second kappa shape index (κ2) is 10.1. The molecule has 2 aromatic rings. The van der Waals surface area contributed by atoms with E-state index in [4.69, 9.17) is 20.9 Å². The van der Waals surface area contributed by atoms with Crippen LogP contribution < -0.4 is 11.5 Å². The zero-order valence-corrected chi connectivity index (χ0v) is 15.6. The Hall–Kier alpha value is -3.76. The molecule has 0 heterocycles. The molecule has 0 aliphatic rings. The number of carbonyl (C=O) groups is 4. The molecule has 0 aliphatic heterocycles. The lowest BCUT2D eigenvalue weighted by Gasteiger charge is -2.21. The summed E-state index contributed by atoms with van der Waals surface area (Å²) in [4.78, 5) is 47.4. The van der Waals surface area contributed by atoms with E-state index in [1.54, 1.807) is 36.4 Å². The first-order chi connectivity index (χ1) is 14.2. The maximum Gasteiger partial charge on any atom is 0.339 e. The minimum Gasteiger partial charge on any atom is -0.445 e. The van der Waals surface area contributed by atoms with E-state index in [9.17, 15) is 29.4 Å². The molecule has 0 spiro atoms.